The van der Waals surface area contributed by atoms with Crippen molar-refractivity contribution in [2.24, 2.45) is 5.41 Å². The highest BCUT2D eigenvalue weighted by Crippen LogP contribution is 2.31. The predicted molar refractivity (Wildman–Crippen MR) is 77.2 cm³/mol. The molecule has 0 spiro atoms. The van der Waals surface area contributed by atoms with E-state index in [1.807, 2.05) is 6.92 Å². The molecule has 1 aromatic heterocycles. The summed E-state index contributed by atoms with van der Waals surface area (Å²) in [5.74, 6) is -0.935. The lowest BCUT2D eigenvalue weighted by Gasteiger charge is -2.21. The third-order valence-corrected chi connectivity index (χ3v) is 4.27. The largest absolute Gasteiger partial charge is 0.478 e. The first-order valence-electron chi connectivity index (χ1n) is 6.12. The van der Waals surface area contributed by atoms with Gasteiger partial charge in [0.15, 0.2) is 0 Å². The second-order valence-corrected chi connectivity index (χ2v) is 6.19. The molecule has 1 aromatic rings. The molecule has 0 amide bonds. The van der Waals surface area contributed by atoms with Crippen LogP contribution in [0, 0.1) is 19.3 Å². The summed E-state index contributed by atoms with van der Waals surface area (Å²) in [6.45, 7) is 7.08. The van der Waals surface area contributed by atoms with E-state index in [4.69, 9.17) is 4.74 Å². The Morgan fingerprint density at radius 1 is 1.40 bits per heavy atom. The predicted octanol–water partition coefficient (Wildman–Crippen LogP) is 2.69. The molecule has 0 aliphatic rings. The van der Waals surface area contributed by atoms with Gasteiger partial charge in [-0.2, -0.15) is 0 Å². The molecular weight excluding hydrogens is 278 g/mol. The highest BCUT2D eigenvalue weighted by atomic mass is 32.2. The Labute approximate surface area is 122 Å². The maximum absolute atomic E-state index is 11.6. The van der Waals surface area contributed by atoms with Crippen LogP contribution in [-0.4, -0.2) is 34.9 Å². The Kier molecular flexibility index (Phi) is 5.16. The number of aryl methyl sites for hydroxylation is 2. The molecule has 1 N–H and O–H groups in total. The van der Waals surface area contributed by atoms with Gasteiger partial charge in [0, 0.05) is 11.4 Å². The van der Waals surface area contributed by atoms with E-state index in [2.05, 4.69) is 4.98 Å². The highest BCUT2D eigenvalue weighted by molar-refractivity contribution is 7.99. The summed E-state index contributed by atoms with van der Waals surface area (Å²) in [4.78, 5) is 27.2. The van der Waals surface area contributed by atoms with Gasteiger partial charge in [-0.15, -0.1) is 11.8 Å². The summed E-state index contributed by atoms with van der Waals surface area (Å²) in [7, 11) is 1.34. The number of thioether (sulfide) groups is 1. The van der Waals surface area contributed by atoms with Gasteiger partial charge in [0.1, 0.15) is 5.03 Å². The van der Waals surface area contributed by atoms with Crippen molar-refractivity contribution in [1.29, 1.82) is 0 Å². The van der Waals surface area contributed by atoms with Crippen molar-refractivity contribution >= 4 is 23.7 Å². The first-order chi connectivity index (χ1) is 9.19. The van der Waals surface area contributed by atoms with Crippen molar-refractivity contribution in [2.45, 2.75) is 32.7 Å². The number of esters is 1. The normalized spacial score (nSPS) is 11.2. The number of nitrogens with zero attached hydrogens (tertiary/aromatic N) is 1. The van der Waals surface area contributed by atoms with Crippen molar-refractivity contribution in [3.8, 4) is 0 Å². The van der Waals surface area contributed by atoms with Gasteiger partial charge in [-0.3, -0.25) is 4.79 Å². The van der Waals surface area contributed by atoms with Gasteiger partial charge >= 0.3 is 11.9 Å². The van der Waals surface area contributed by atoms with Crippen LogP contribution in [0.15, 0.2) is 11.1 Å². The molecule has 0 fully saturated rings. The number of rotatable bonds is 5. The lowest BCUT2D eigenvalue weighted by molar-refractivity contribution is -0.149. The third kappa shape index (κ3) is 3.72. The molecule has 5 nitrogen and oxygen atoms in total. The summed E-state index contributed by atoms with van der Waals surface area (Å²) < 4.78 is 4.74. The minimum atomic E-state index is -1.01. The summed E-state index contributed by atoms with van der Waals surface area (Å²) in [6.07, 6.45) is 0. The quantitative estimate of drug-likeness (QED) is 0.665. The van der Waals surface area contributed by atoms with E-state index in [0.717, 1.165) is 5.69 Å². The molecule has 0 radical (unpaired) electrons. The van der Waals surface area contributed by atoms with E-state index < -0.39 is 11.4 Å². The molecule has 0 saturated carbocycles. The van der Waals surface area contributed by atoms with Gasteiger partial charge in [-0.05, 0) is 39.3 Å². The van der Waals surface area contributed by atoms with E-state index in [-0.39, 0.29) is 11.5 Å². The first-order valence-corrected chi connectivity index (χ1v) is 7.10. The minimum absolute atomic E-state index is 0.196. The molecule has 20 heavy (non-hydrogen) atoms. The number of aromatic carboxylic acids is 1. The van der Waals surface area contributed by atoms with Crippen LogP contribution in [-0.2, 0) is 9.53 Å². The van der Waals surface area contributed by atoms with Gasteiger partial charge in [0.05, 0.1) is 18.1 Å². The standard InChI is InChI=1S/C14H19NO4S/c1-8-6-9(2)15-11(10(8)12(16)17)20-7-14(3,4)13(18)19-5/h6H,7H2,1-5H3,(H,16,17). The second-order valence-electron chi connectivity index (χ2n) is 5.23. The highest BCUT2D eigenvalue weighted by Gasteiger charge is 2.30. The number of pyridine rings is 1. The van der Waals surface area contributed by atoms with Crippen molar-refractivity contribution in [3.63, 3.8) is 0 Å². The van der Waals surface area contributed by atoms with E-state index >= 15 is 0 Å². The van der Waals surface area contributed by atoms with Gasteiger partial charge < -0.3 is 9.84 Å². The summed E-state index contributed by atoms with van der Waals surface area (Å²) in [5.41, 5.74) is 0.921. The molecule has 0 bridgehead atoms. The Morgan fingerprint density at radius 2 is 2.00 bits per heavy atom. The molecule has 0 atom stereocenters. The van der Waals surface area contributed by atoms with Crippen LogP contribution in [0.1, 0.15) is 35.5 Å². The molecule has 0 saturated heterocycles. The van der Waals surface area contributed by atoms with Crippen molar-refractivity contribution in [2.75, 3.05) is 12.9 Å². The first kappa shape index (κ1) is 16.5. The molecule has 0 aliphatic heterocycles. The maximum Gasteiger partial charge on any atom is 0.338 e. The summed E-state index contributed by atoms with van der Waals surface area (Å²) in [5, 5.41) is 9.71. The fourth-order valence-electron chi connectivity index (χ4n) is 1.75. The Morgan fingerprint density at radius 3 is 2.50 bits per heavy atom. The zero-order chi connectivity index (χ0) is 15.5. The van der Waals surface area contributed by atoms with Gasteiger partial charge in [0.2, 0.25) is 0 Å². The van der Waals surface area contributed by atoms with E-state index in [0.29, 0.717) is 16.3 Å². The van der Waals surface area contributed by atoms with Crippen LogP contribution in [0.25, 0.3) is 0 Å². The summed E-state index contributed by atoms with van der Waals surface area (Å²) in [6, 6.07) is 1.74. The number of hydrogen-bond acceptors (Lipinski definition) is 5. The molecule has 0 aliphatic carbocycles. The van der Waals surface area contributed by atoms with E-state index in [9.17, 15) is 14.7 Å². The average molecular weight is 297 g/mol. The third-order valence-electron chi connectivity index (χ3n) is 2.83. The molecule has 0 aromatic carbocycles. The summed E-state index contributed by atoms with van der Waals surface area (Å²) >= 11 is 1.26. The number of ether oxygens (including phenoxy) is 1. The van der Waals surface area contributed by atoms with Crippen LogP contribution in [0.4, 0.5) is 0 Å². The molecule has 6 heteroatoms. The number of methoxy groups -OCH3 is 1. The van der Waals surface area contributed by atoms with Gasteiger partial charge in [0.25, 0.3) is 0 Å². The monoisotopic (exact) mass is 297 g/mol. The smallest absolute Gasteiger partial charge is 0.338 e. The Hall–Kier alpha value is -1.56. The molecular formula is C14H19NO4S. The van der Waals surface area contributed by atoms with Gasteiger partial charge in [-0.25, -0.2) is 9.78 Å². The molecule has 1 heterocycles. The molecule has 0 unspecified atom stereocenters. The van der Waals surface area contributed by atoms with Crippen LogP contribution < -0.4 is 0 Å². The molecule has 1 rings (SSSR count). The number of carbonyl (C=O) groups is 2. The fraction of sp³-hybridized carbons (Fsp3) is 0.500. The number of aromatic nitrogens is 1. The topological polar surface area (TPSA) is 76.5 Å². The lowest BCUT2D eigenvalue weighted by Crippen LogP contribution is -2.28. The van der Waals surface area contributed by atoms with Crippen molar-refractivity contribution in [3.05, 3.63) is 22.9 Å². The number of carbonyl (C=O) groups excluding carboxylic acids is 1. The number of hydrogen-bond donors (Lipinski definition) is 1. The zero-order valence-corrected chi connectivity index (χ0v) is 13.1. The number of carboxylic acids is 1. The Bertz CT molecular complexity index is 540. The Balaban J connectivity index is 3.04. The van der Waals surface area contributed by atoms with Crippen LogP contribution in [0.5, 0.6) is 0 Å². The van der Waals surface area contributed by atoms with Crippen LogP contribution in [0.2, 0.25) is 0 Å². The van der Waals surface area contributed by atoms with E-state index in [1.54, 1.807) is 26.8 Å². The lowest BCUT2D eigenvalue weighted by atomic mass is 9.97. The minimum Gasteiger partial charge on any atom is -0.478 e. The zero-order valence-electron chi connectivity index (χ0n) is 12.3. The fourth-order valence-corrected chi connectivity index (χ4v) is 2.97. The van der Waals surface area contributed by atoms with Crippen LogP contribution >= 0.6 is 11.8 Å². The molecule has 110 valence electrons. The maximum atomic E-state index is 11.6. The SMILES string of the molecule is COC(=O)C(C)(C)CSc1nc(C)cc(C)c1C(=O)O. The van der Waals surface area contributed by atoms with Gasteiger partial charge in [-0.1, -0.05) is 0 Å². The second kappa shape index (κ2) is 6.26. The van der Waals surface area contributed by atoms with Crippen molar-refractivity contribution in [1.82, 2.24) is 4.98 Å². The average Bonchev–Trinajstić information content (AvgIpc) is 2.33. The van der Waals surface area contributed by atoms with Crippen LogP contribution in [0.3, 0.4) is 0 Å². The van der Waals surface area contributed by atoms with E-state index in [1.165, 1.54) is 18.9 Å². The number of carboxylic acid groups (broad SMARTS) is 1. The van der Waals surface area contributed by atoms with Crippen molar-refractivity contribution < 1.29 is 19.4 Å².